The van der Waals surface area contributed by atoms with Gasteiger partial charge in [-0.25, -0.2) is 0 Å². The molecule has 0 bridgehead atoms. The predicted octanol–water partition coefficient (Wildman–Crippen LogP) is 0.893. The Bertz CT molecular complexity index is 1180. The molecule has 164 valence electrons. The van der Waals surface area contributed by atoms with E-state index in [1.807, 2.05) is 53.7 Å². The number of carboxylic acids is 1. The molecule has 1 N–H and O–H groups in total. The molecular weight excluding hydrogens is 419 g/mol. The number of ether oxygens (including phenoxy) is 1. The van der Waals surface area contributed by atoms with Gasteiger partial charge in [0.25, 0.3) is 0 Å². The van der Waals surface area contributed by atoms with E-state index in [1.165, 1.54) is 24.3 Å². The molecule has 32 heavy (non-hydrogen) atoms. The molecule has 3 aromatic rings. The quantitative estimate of drug-likeness (QED) is 0.598. The Balaban J connectivity index is 0.00000363. The van der Waals surface area contributed by atoms with Crippen molar-refractivity contribution in [2.75, 3.05) is 6.61 Å². The first-order valence-corrected chi connectivity index (χ1v) is 10.1. The third-order valence-corrected chi connectivity index (χ3v) is 5.07. The molecule has 7 heteroatoms. The summed E-state index contributed by atoms with van der Waals surface area (Å²) in [5.74, 6) is -0.493. The molecule has 0 unspecified atom stereocenters. The van der Waals surface area contributed by atoms with Gasteiger partial charge in [-0.3, -0.25) is 4.79 Å². The molecule has 0 amide bonds. The van der Waals surface area contributed by atoms with Crippen molar-refractivity contribution < 1.29 is 53.7 Å². The Morgan fingerprint density at radius 3 is 2.06 bits per heavy atom. The SMILES string of the molecule is CC(C)(C)c1cc(-c2cc(=O)c3ccc(OCC(=O)[O-])cc3o2)cc(C(C)(C)C)c1O.[Na+]. The van der Waals surface area contributed by atoms with E-state index >= 15 is 0 Å². The van der Waals surface area contributed by atoms with Crippen molar-refractivity contribution in [3.05, 3.63) is 57.7 Å². The molecule has 0 aliphatic heterocycles. The summed E-state index contributed by atoms with van der Waals surface area (Å²) in [4.78, 5) is 23.4. The van der Waals surface area contributed by atoms with Crippen molar-refractivity contribution in [2.24, 2.45) is 0 Å². The molecule has 6 nitrogen and oxygen atoms in total. The standard InChI is InChI=1S/C25H28O6.Na/c1-24(2,3)17-9-14(10-18(23(17)29)25(4,5)6)20-12-19(26)16-8-7-15(11-21(16)31-20)30-13-22(27)28;/h7-12,29H,13H2,1-6H3,(H,27,28);/q;+1/p-1. The number of carbonyl (C=O) groups is 1. The number of phenols is 1. The summed E-state index contributed by atoms with van der Waals surface area (Å²) < 4.78 is 11.2. The van der Waals surface area contributed by atoms with Gasteiger partial charge in [-0.05, 0) is 35.1 Å². The van der Waals surface area contributed by atoms with Gasteiger partial charge in [-0.2, -0.15) is 0 Å². The third-order valence-electron chi connectivity index (χ3n) is 5.07. The minimum absolute atomic E-state index is 0. The van der Waals surface area contributed by atoms with Crippen LogP contribution in [-0.4, -0.2) is 17.7 Å². The van der Waals surface area contributed by atoms with Crippen LogP contribution in [0.2, 0.25) is 0 Å². The van der Waals surface area contributed by atoms with Gasteiger partial charge >= 0.3 is 29.6 Å². The molecule has 0 fully saturated rings. The van der Waals surface area contributed by atoms with Crippen molar-refractivity contribution in [1.82, 2.24) is 0 Å². The van der Waals surface area contributed by atoms with Gasteiger partial charge in [0.05, 0.1) is 11.4 Å². The van der Waals surface area contributed by atoms with Crippen LogP contribution in [0.4, 0.5) is 0 Å². The van der Waals surface area contributed by atoms with E-state index in [4.69, 9.17) is 9.15 Å². The van der Waals surface area contributed by atoms with Crippen LogP contribution in [-0.2, 0) is 15.6 Å². The minimum Gasteiger partial charge on any atom is -0.546 e. The van der Waals surface area contributed by atoms with Crippen LogP contribution in [0.15, 0.2) is 45.6 Å². The van der Waals surface area contributed by atoms with Crippen molar-refractivity contribution >= 4 is 16.9 Å². The van der Waals surface area contributed by atoms with E-state index in [2.05, 4.69) is 0 Å². The maximum absolute atomic E-state index is 12.7. The Labute approximate surface area is 209 Å². The van der Waals surface area contributed by atoms with Crippen molar-refractivity contribution in [3.8, 4) is 22.8 Å². The number of carboxylic acid groups (broad SMARTS) is 1. The number of carbonyl (C=O) groups excluding carboxylic acids is 1. The molecule has 3 rings (SSSR count). The van der Waals surface area contributed by atoms with Crippen LogP contribution in [0.3, 0.4) is 0 Å². The summed E-state index contributed by atoms with van der Waals surface area (Å²) in [6.07, 6.45) is 0. The summed E-state index contributed by atoms with van der Waals surface area (Å²) in [5, 5.41) is 21.9. The number of hydrogen-bond acceptors (Lipinski definition) is 6. The van der Waals surface area contributed by atoms with Gasteiger partial charge in [0, 0.05) is 28.8 Å². The van der Waals surface area contributed by atoms with Gasteiger partial charge in [-0.15, -0.1) is 0 Å². The van der Waals surface area contributed by atoms with E-state index in [-0.39, 0.29) is 62.9 Å². The Kier molecular flexibility index (Phi) is 7.55. The zero-order valence-corrected chi connectivity index (χ0v) is 21.7. The van der Waals surface area contributed by atoms with Crippen molar-refractivity contribution in [2.45, 2.75) is 52.4 Å². The molecule has 0 saturated carbocycles. The molecule has 1 heterocycles. The van der Waals surface area contributed by atoms with Crippen molar-refractivity contribution in [1.29, 1.82) is 0 Å². The number of aliphatic carboxylic acids is 1. The number of phenolic OH excluding ortho intramolecular Hbond substituents is 1. The van der Waals surface area contributed by atoms with E-state index in [0.717, 1.165) is 11.1 Å². The van der Waals surface area contributed by atoms with Crippen LogP contribution >= 0.6 is 0 Å². The first-order valence-electron chi connectivity index (χ1n) is 10.1. The van der Waals surface area contributed by atoms with Gasteiger partial charge in [0.1, 0.15) is 29.4 Å². The second-order valence-corrected chi connectivity index (χ2v) is 9.71. The smallest absolute Gasteiger partial charge is 0.546 e. The van der Waals surface area contributed by atoms with Crippen LogP contribution in [0.1, 0.15) is 52.7 Å². The fraction of sp³-hybridized carbons (Fsp3) is 0.360. The summed E-state index contributed by atoms with van der Waals surface area (Å²) >= 11 is 0. The van der Waals surface area contributed by atoms with E-state index in [1.54, 1.807) is 0 Å². The fourth-order valence-corrected chi connectivity index (χ4v) is 3.43. The van der Waals surface area contributed by atoms with Crippen LogP contribution in [0.5, 0.6) is 11.5 Å². The number of rotatable bonds is 4. The van der Waals surface area contributed by atoms with Crippen LogP contribution in [0.25, 0.3) is 22.3 Å². The van der Waals surface area contributed by atoms with E-state index < -0.39 is 12.6 Å². The minimum atomic E-state index is -1.34. The second kappa shape index (κ2) is 9.30. The zero-order chi connectivity index (χ0) is 23.1. The molecule has 1 aromatic heterocycles. The summed E-state index contributed by atoms with van der Waals surface area (Å²) in [7, 11) is 0. The summed E-state index contributed by atoms with van der Waals surface area (Å²) in [6, 6.07) is 9.63. The topological polar surface area (TPSA) is 99.8 Å². The van der Waals surface area contributed by atoms with Crippen LogP contribution < -0.4 is 44.8 Å². The maximum atomic E-state index is 12.7. The molecule has 0 aliphatic rings. The van der Waals surface area contributed by atoms with Gasteiger partial charge in [0.15, 0.2) is 5.43 Å². The van der Waals surface area contributed by atoms with Gasteiger partial charge in [-0.1, -0.05) is 41.5 Å². The molecular formula is C25H27NaO6. The average molecular weight is 446 g/mol. The molecule has 0 saturated heterocycles. The monoisotopic (exact) mass is 446 g/mol. The number of benzene rings is 2. The predicted molar refractivity (Wildman–Crippen MR) is 117 cm³/mol. The van der Waals surface area contributed by atoms with Gasteiger partial charge in [0.2, 0.25) is 0 Å². The summed E-state index contributed by atoms with van der Waals surface area (Å²) in [6.45, 7) is 11.5. The molecule has 0 radical (unpaired) electrons. The number of aromatic hydroxyl groups is 1. The Morgan fingerprint density at radius 2 is 1.56 bits per heavy atom. The number of fused-ring (bicyclic) bond motifs is 1. The molecule has 0 atom stereocenters. The van der Waals surface area contributed by atoms with Crippen molar-refractivity contribution in [3.63, 3.8) is 0 Å². The molecule has 2 aromatic carbocycles. The largest absolute Gasteiger partial charge is 1.00 e. The summed E-state index contributed by atoms with van der Waals surface area (Å²) in [5.41, 5.74) is 1.57. The molecule has 0 spiro atoms. The normalized spacial score (nSPS) is 11.8. The average Bonchev–Trinajstić information content (AvgIpc) is 2.64. The first-order chi connectivity index (χ1) is 14.3. The maximum Gasteiger partial charge on any atom is 1.00 e. The molecule has 0 aliphatic carbocycles. The van der Waals surface area contributed by atoms with Crippen LogP contribution in [0, 0.1) is 0 Å². The van der Waals surface area contributed by atoms with E-state index in [9.17, 15) is 19.8 Å². The van der Waals surface area contributed by atoms with Gasteiger partial charge < -0.3 is 24.2 Å². The Morgan fingerprint density at radius 1 is 1.00 bits per heavy atom. The zero-order valence-electron chi connectivity index (χ0n) is 19.7. The van der Waals surface area contributed by atoms with E-state index in [0.29, 0.717) is 16.7 Å². The fourth-order valence-electron chi connectivity index (χ4n) is 3.43. The Hall–Kier alpha value is -2.28. The first kappa shape index (κ1) is 26.0. The second-order valence-electron chi connectivity index (χ2n) is 9.71. The number of hydrogen-bond donors (Lipinski definition) is 1. The third kappa shape index (κ3) is 5.55.